The van der Waals surface area contributed by atoms with E-state index >= 15 is 0 Å². The molecule has 3 rings (SSSR count). The molecule has 1 aliphatic carbocycles. The first-order valence-corrected chi connectivity index (χ1v) is 8.97. The lowest BCUT2D eigenvalue weighted by atomic mass is 9.95. The van der Waals surface area contributed by atoms with Gasteiger partial charge in [0.15, 0.2) is 0 Å². The summed E-state index contributed by atoms with van der Waals surface area (Å²) in [6.45, 7) is 1.19. The summed E-state index contributed by atoms with van der Waals surface area (Å²) < 4.78 is 18.9. The summed E-state index contributed by atoms with van der Waals surface area (Å²) in [5, 5.41) is 4.03. The summed E-state index contributed by atoms with van der Waals surface area (Å²) in [6, 6.07) is 13.1. The molecule has 0 unspecified atom stereocenters. The third-order valence-electron chi connectivity index (χ3n) is 4.51. The summed E-state index contributed by atoms with van der Waals surface area (Å²) in [5.74, 6) is 0.470. The fraction of sp³-hybridized carbons (Fsp3) is 0.400. The van der Waals surface area contributed by atoms with Crippen LogP contribution in [0.5, 0.6) is 5.75 Å². The molecular formula is C20H23ClFNO. The maximum Gasteiger partial charge on any atom is 0.124 e. The molecule has 0 radical (unpaired) electrons. The van der Waals surface area contributed by atoms with E-state index in [2.05, 4.69) is 11.4 Å². The largest absolute Gasteiger partial charge is 0.489 e. The van der Waals surface area contributed by atoms with Gasteiger partial charge in [-0.05, 0) is 42.7 Å². The molecule has 0 spiro atoms. The second-order valence-electron chi connectivity index (χ2n) is 6.39. The van der Waals surface area contributed by atoms with Crippen LogP contribution in [0.1, 0.15) is 43.2 Å². The van der Waals surface area contributed by atoms with Gasteiger partial charge in [-0.3, -0.25) is 0 Å². The molecule has 4 heteroatoms. The van der Waals surface area contributed by atoms with Crippen LogP contribution >= 0.6 is 11.6 Å². The van der Waals surface area contributed by atoms with Crippen LogP contribution in [0.25, 0.3) is 0 Å². The van der Waals surface area contributed by atoms with E-state index in [9.17, 15) is 4.39 Å². The van der Waals surface area contributed by atoms with Crippen LogP contribution in [0.3, 0.4) is 0 Å². The van der Waals surface area contributed by atoms with Crippen molar-refractivity contribution in [1.82, 2.24) is 5.32 Å². The third kappa shape index (κ3) is 4.96. The van der Waals surface area contributed by atoms with E-state index in [1.807, 2.05) is 18.2 Å². The number of hydrogen-bond donors (Lipinski definition) is 1. The van der Waals surface area contributed by atoms with Gasteiger partial charge in [-0.15, -0.1) is 0 Å². The molecule has 0 heterocycles. The van der Waals surface area contributed by atoms with Crippen LogP contribution in [0, 0.1) is 5.82 Å². The van der Waals surface area contributed by atoms with Gasteiger partial charge in [0.05, 0.1) is 5.02 Å². The fourth-order valence-electron chi connectivity index (χ4n) is 3.11. The van der Waals surface area contributed by atoms with Gasteiger partial charge < -0.3 is 10.1 Å². The molecular weight excluding hydrogens is 325 g/mol. The van der Waals surface area contributed by atoms with Crippen molar-refractivity contribution >= 4 is 11.6 Å². The molecule has 0 atom stereocenters. The maximum atomic E-state index is 13.1. The van der Waals surface area contributed by atoms with Crippen molar-refractivity contribution in [3.63, 3.8) is 0 Å². The van der Waals surface area contributed by atoms with Gasteiger partial charge in [0.2, 0.25) is 0 Å². The molecule has 2 aromatic rings. The Hall–Kier alpha value is -1.58. The van der Waals surface area contributed by atoms with E-state index in [1.54, 1.807) is 6.07 Å². The molecule has 1 aliphatic rings. The van der Waals surface area contributed by atoms with Crippen LogP contribution in [0.2, 0.25) is 5.02 Å². The predicted octanol–water partition coefficient (Wildman–Crippen LogP) is 5.48. The molecule has 0 bridgehead atoms. The zero-order chi connectivity index (χ0) is 16.8. The quantitative estimate of drug-likeness (QED) is 0.747. The van der Waals surface area contributed by atoms with Gasteiger partial charge in [0.1, 0.15) is 18.2 Å². The van der Waals surface area contributed by atoms with Crippen molar-refractivity contribution in [3.8, 4) is 5.75 Å². The topological polar surface area (TPSA) is 21.3 Å². The Kier molecular flexibility index (Phi) is 6.11. The van der Waals surface area contributed by atoms with Gasteiger partial charge >= 0.3 is 0 Å². The summed E-state index contributed by atoms with van der Waals surface area (Å²) in [5.41, 5.74) is 1.99. The summed E-state index contributed by atoms with van der Waals surface area (Å²) in [7, 11) is 0. The smallest absolute Gasteiger partial charge is 0.124 e. The number of benzene rings is 2. The Balaban J connectivity index is 1.54. The molecule has 1 saturated carbocycles. The Morgan fingerprint density at radius 3 is 2.71 bits per heavy atom. The monoisotopic (exact) mass is 347 g/mol. The normalized spacial score (nSPS) is 15.4. The standard InChI is InChI=1S/C20H23ClFNO/c21-20-12-17(22)10-9-16(20)14-24-19-8-4-5-15(11-19)13-23-18-6-2-1-3-7-18/h4-5,8-12,18,23H,1-3,6-7,13-14H2. The van der Waals surface area contributed by atoms with Crippen molar-refractivity contribution in [2.45, 2.75) is 51.3 Å². The van der Waals surface area contributed by atoms with Gasteiger partial charge in [-0.25, -0.2) is 4.39 Å². The first kappa shape index (κ1) is 17.2. The number of halogens is 2. The highest BCUT2D eigenvalue weighted by molar-refractivity contribution is 6.31. The summed E-state index contributed by atoms with van der Waals surface area (Å²) >= 11 is 6.03. The van der Waals surface area contributed by atoms with Crippen molar-refractivity contribution in [2.75, 3.05) is 0 Å². The molecule has 0 aromatic heterocycles. The zero-order valence-electron chi connectivity index (χ0n) is 13.7. The van der Waals surface area contributed by atoms with Crippen LogP contribution in [-0.2, 0) is 13.2 Å². The van der Waals surface area contributed by atoms with Crippen molar-refractivity contribution < 1.29 is 9.13 Å². The first-order valence-electron chi connectivity index (χ1n) is 8.60. The van der Waals surface area contributed by atoms with Crippen LogP contribution < -0.4 is 10.1 Å². The zero-order valence-corrected chi connectivity index (χ0v) is 14.5. The molecule has 2 aromatic carbocycles. The molecule has 0 amide bonds. The van der Waals surface area contributed by atoms with Crippen LogP contribution in [0.15, 0.2) is 42.5 Å². The molecule has 1 fully saturated rings. The minimum Gasteiger partial charge on any atom is -0.489 e. The van der Waals surface area contributed by atoms with Crippen molar-refractivity contribution in [2.24, 2.45) is 0 Å². The van der Waals surface area contributed by atoms with E-state index in [1.165, 1.54) is 49.8 Å². The highest BCUT2D eigenvalue weighted by Gasteiger charge is 2.12. The van der Waals surface area contributed by atoms with Gasteiger partial charge in [0, 0.05) is 18.2 Å². The predicted molar refractivity (Wildman–Crippen MR) is 95.9 cm³/mol. The second-order valence-corrected chi connectivity index (χ2v) is 6.79. The average Bonchev–Trinajstić information content (AvgIpc) is 2.60. The molecule has 2 nitrogen and oxygen atoms in total. The maximum absolute atomic E-state index is 13.1. The number of ether oxygens (including phenoxy) is 1. The van der Waals surface area contributed by atoms with E-state index in [-0.39, 0.29) is 5.82 Å². The average molecular weight is 348 g/mol. The van der Waals surface area contributed by atoms with Crippen molar-refractivity contribution in [3.05, 3.63) is 64.4 Å². The SMILES string of the molecule is Fc1ccc(COc2cccc(CNC3CCCCC3)c2)c(Cl)c1. The van der Waals surface area contributed by atoms with Crippen LogP contribution in [0.4, 0.5) is 4.39 Å². The van der Waals surface area contributed by atoms with E-state index < -0.39 is 0 Å². The Morgan fingerprint density at radius 2 is 1.92 bits per heavy atom. The lowest BCUT2D eigenvalue weighted by molar-refractivity contribution is 0.305. The highest BCUT2D eigenvalue weighted by atomic mass is 35.5. The molecule has 0 saturated heterocycles. The number of rotatable bonds is 6. The number of hydrogen-bond acceptors (Lipinski definition) is 2. The molecule has 0 aliphatic heterocycles. The van der Waals surface area contributed by atoms with Crippen molar-refractivity contribution in [1.29, 1.82) is 0 Å². The van der Waals surface area contributed by atoms with Gasteiger partial charge in [0.25, 0.3) is 0 Å². The molecule has 1 N–H and O–H groups in total. The highest BCUT2D eigenvalue weighted by Crippen LogP contribution is 2.21. The van der Waals surface area contributed by atoms with Gasteiger partial charge in [-0.2, -0.15) is 0 Å². The molecule has 128 valence electrons. The lowest BCUT2D eigenvalue weighted by Gasteiger charge is -2.23. The Morgan fingerprint density at radius 1 is 1.08 bits per heavy atom. The minimum absolute atomic E-state index is 0.332. The lowest BCUT2D eigenvalue weighted by Crippen LogP contribution is -2.30. The fourth-order valence-corrected chi connectivity index (χ4v) is 3.34. The van der Waals surface area contributed by atoms with E-state index in [4.69, 9.17) is 16.3 Å². The Labute approximate surface area is 148 Å². The van der Waals surface area contributed by atoms with E-state index in [0.717, 1.165) is 17.9 Å². The van der Waals surface area contributed by atoms with Crippen LogP contribution in [-0.4, -0.2) is 6.04 Å². The number of nitrogens with one attached hydrogen (secondary N) is 1. The second kappa shape index (κ2) is 8.50. The third-order valence-corrected chi connectivity index (χ3v) is 4.86. The first-order chi connectivity index (χ1) is 11.7. The van der Waals surface area contributed by atoms with Gasteiger partial charge in [-0.1, -0.05) is 49.1 Å². The molecule has 24 heavy (non-hydrogen) atoms. The summed E-state index contributed by atoms with van der Waals surface area (Å²) in [6.07, 6.45) is 6.59. The minimum atomic E-state index is -0.334. The van der Waals surface area contributed by atoms with E-state index in [0.29, 0.717) is 17.7 Å². The Bertz CT molecular complexity index is 670. The summed E-state index contributed by atoms with van der Waals surface area (Å²) in [4.78, 5) is 0.